The van der Waals surface area contributed by atoms with E-state index in [2.05, 4.69) is 29.8 Å². The summed E-state index contributed by atoms with van der Waals surface area (Å²) in [7, 11) is 0. The van der Waals surface area contributed by atoms with Crippen molar-refractivity contribution < 1.29 is 14.3 Å². The largest absolute Gasteiger partial charge is 0.382 e. The zero-order valence-corrected chi connectivity index (χ0v) is 22.5. The number of amides is 1. The van der Waals surface area contributed by atoms with E-state index in [4.69, 9.17) is 14.5 Å². The van der Waals surface area contributed by atoms with Gasteiger partial charge in [-0.05, 0) is 69.1 Å². The molecule has 1 aliphatic carbocycles. The van der Waals surface area contributed by atoms with Crippen LogP contribution in [0.1, 0.15) is 64.4 Å². The van der Waals surface area contributed by atoms with E-state index in [1.165, 1.54) is 25.7 Å². The first-order chi connectivity index (χ1) is 15.6. The number of rotatable bonds is 11. The van der Waals surface area contributed by atoms with Gasteiger partial charge in [0, 0.05) is 38.6 Å². The molecule has 1 unspecified atom stereocenters. The first kappa shape index (κ1) is 27.9. The highest BCUT2D eigenvalue weighted by molar-refractivity contribution is 14.0. The minimum atomic E-state index is -0.327. The minimum absolute atomic E-state index is 0. The number of nitrogens with one attached hydrogen (secondary N) is 3. The van der Waals surface area contributed by atoms with E-state index in [9.17, 15) is 4.79 Å². The second kappa shape index (κ2) is 14.8. The molecule has 0 bridgehead atoms. The van der Waals surface area contributed by atoms with Gasteiger partial charge in [-0.15, -0.1) is 24.0 Å². The van der Waals surface area contributed by atoms with E-state index in [-0.39, 0.29) is 36.0 Å². The van der Waals surface area contributed by atoms with Crippen molar-refractivity contribution in [3.05, 3.63) is 29.8 Å². The van der Waals surface area contributed by atoms with Crippen molar-refractivity contribution in [2.75, 3.05) is 38.2 Å². The predicted octanol–water partition coefficient (Wildman–Crippen LogP) is 4.46. The van der Waals surface area contributed by atoms with Gasteiger partial charge in [-0.1, -0.05) is 25.0 Å². The number of aliphatic imine (C=N–C) groups is 1. The number of ether oxygens (including phenoxy) is 2. The van der Waals surface area contributed by atoms with Crippen LogP contribution in [0, 0.1) is 5.41 Å². The zero-order chi connectivity index (χ0) is 22.7. The van der Waals surface area contributed by atoms with Crippen LogP contribution < -0.4 is 16.0 Å². The third-order valence-electron chi connectivity index (χ3n) is 6.46. The Morgan fingerprint density at radius 1 is 1.21 bits per heavy atom. The fourth-order valence-electron chi connectivity index (χ4n) is 4.61. The summed E-state index contributed by atoms with van der Waals surface area (Å²) >= 11 is 0. The van der Waals surface area contributed by atoms with E-state index in [0.29, 0.717) is 18.6 Å². The number of benzene rings is 1. The standard InChI is InChI=1S/C25H40N4O3.HI/c1-3-26-24(28-19-25(12-5-6-13-25)14-16-31-4-2)27-18-20-9-7-10-21(17-20)29-23(30)22-11-8-15-32-22;/h7,9-10,17,22H,3-6,8,11-16,18-19H2,1-2H3,(H,29,30)(H2,26,27,28);1H. The van der Waals surface area contributed by atoms with Gasteiger partial charge in [-0.25, -0.2) is 4.99 Å². The molecule has 1 amide bonds. The van der Waals surface area contributed by atoms with Crippen molar-refractivity contribution in [1.82, 2.24) is 10.6 Å². The van der Waals surface area contributed by atoms with Crippen molar-refractivity contribution >= 4 is 41.5 Å². The van der Waals surface area contributed by atoms with Crippen LogP contribution in [0.2, 0.25) is 0 Å². The maximum atomic E-state index is 12.3. The van der Waals surface area contributed by atoms with Crippen molar-refractivity contribution in [3.8, 4) is 0 Å². The molecule has 1 aliphatic heterocycles. The van der Waals surface area contributed by atoms with Crippen LogP contribution in [-0.4, -0.2) is 50.9 Å². The van der Waals surface area contributed by atoms with E-state index < -0.39 is 0 Å². The first-order valence-electron chi connectivity index (χ1n) is 12.3. The molecular formula is C25H41IN4O3. The fourth-order valence-corrected chi connectivity index (χ4v) is 4.61. The van der Waals surface area contributed by atoms with E-state index in [1.807, 2.05) is 24.3 Å². The molecular weight excluding hydrogens is 531 g/mol. The molecule has 3 N–H and O–H groups in total. The van der Waals surface area contributed by atoms with Gasteiger partial charge >= 0.3 is 0 Å². The number of nitrogens with zero attached hydrogens (tertiary/aromatic N) is 1. The first-order valence-corrected chi connectivity index (χ1v) is 12.3. The van der Waals surface area contributed by atoms with Crippen LogP contribution in [0.25, 0.3) is 0 Å². The molecule has 1 heterocycles. The minimum Gasteiger partial charge on any atom is -0.382 e. The Balaban J connectivity index is 0.00000385. The lowest BCUT2D eigenvalue weighted by atomic mass is 9.83. The summed E-state index contributed by atoms with van der Waals surface area (Å²) in [6, 6.07) is 7.89. The molecule has 1 saturated carbocycles. The highest BCUT2D eigenvalue weighted by Gasteiger charge is 2.33. The lowest BCUT2D eigenvalue weighted by molar-refractivity contribution is -0.124. The molecule has 2 fully saturated rings. The topological polar surface area (TPSA) is 84.0 Å². The number of hydrogen-bond acceptors (Lipinski definition) is 4. The molecule has 1 aromatic carbocycles. The molecule has 1 aromatic rings. The zero-order valence-electron chi connectivity index (χ0n) is 20.2. The van der Waals surface area contributed by atoms with Crippen molar-refractivity contribution in [2.45, 2.75) is 71.4 Å². The number of guanidine groups is 1. The number of carbonyl (C=O) groups is 1. The second-order valence-corrected chi connectivity index (χ2v) is 8.89. The maximum Gasteiger partial charge on any atom is 0.253 e. The Labute approximate surface area is 215 Å². The summed E-state index contributed by atoms with van der Waals surface area (Å²) in [6.07, 6.45) is 7.60. The predicted molar refractivity (Wildman–Crippen MR) is 144 cm³/mol. The highest BCUT2D eigenvalue weighted by Crippen LogP contribution is 2.40. The Hall–Kier alpha value is -1.39. The normalized spacial score (nSPS) is 19.7. The average Bonchev–Trinajstić information content (AvgIpc) is 3.49. The molecule has 0 aromatic heterocycles. The third-order valence-corrected chi connectivity index (χ3v) is 6.46. The van der Waals surface area contributed by atoms with Gasteiger partial charge in [-0.3, -0.25) is 4.79 Å². The molecule has 2 aliphatic rings. The summed E-state index contributed by atoms with van der Waals surface area (Å²) in [5.41, 5.74) is 2.15. The Bertz CT molecular complexity index is 747. The van der Waals surface area contributed by atoms with Gasteiger partial charge in [0.15, 0.2) is 5.96 Å². The summed E-state index contributed by atoms with van der Waals surface area (Å²) in [4.78, 5) is 17.1. The smallest absolute Gasteiger partial charge is 0.253 e. The van der Waals surface area contributed by atoms with E-state index in [0.717, 1.165) is 62.8 Å². The van der Waals surface area contributed by atoms with Crippen LogP contribution in [0.5, 0.6) is 0 Å². The molecule has 186 valence electrons. The summed E-state index contributed by atoms with van der Waals surface area (Å²) in [5, 5.41) is 9.92. The van der Waals surface area contributed by atoms with Gasteiger partial charge in [0.2, 0.25) is 0 Å². The lowest BCUT2D eigenvalue weighted by Gasteiger charge is -2.30. The van der Waals surface area contributed by atoms with Gasteiger partial charge < -0.3 is 25.4 Å². The quantitative estimate of drug-likeness (QED) is 0.158. The third kappa shape index (κ3) is 9.05. The monoisotopic (exact) mass is 572 g/mol. The number of carbonyl (C=O) groups excluding carboxylic acids is 1. The molecule has 1 atom stereocenters. The van der Waals surface area contributed by atoms with Gasteiger partial charge in [0.1, 0.15) is 6.10 Å². The molecule has 3 rings (SSSR count). The molecule has 33 heavy (non-hydrogen) atoms. The molecule has 0 radical (unpaired) electrons. The van der Waals surface area contributed by atoms with Crippen LogP contribution in [-0.2, 0) is 20.8 Å². The number of hydrogen-bond donors (Lipinski definition) is 3. The lowest BCUT2D eigenvalue weighted by Crippen LogP contribution is -2.43. The van der Waals surface area contributed by atoms with Gasteiger partial charge in [0.25, 0.3) is 5.91 Å². The fraction of sp³-hybridized carbons (Fsp3) is 0.680. The van der Waals surface area contributed by atoms with E-state index >= 15 is 0 Å². The van der Waals surface area contributed by atoms with Crippen molar-refractivity contribution in [1.29, 1.82) is 0 Å². The van der Waals surface area contributed by atoms with Crippen LogP contribution in [0.4, 0.5) is 5.69 Å². The SMILES string of the molecule is CCNC(=NCc1cccc(NC(=O)C2CCCO2)c1)NCC1(CCOCC)CCCC1.I. The van der Waals surface area contributed by atoms with E-state index in [1.54, 1.807) is 0 Å². The maximum absolute atomic E-state index is 12.3. The second-order valence-electron chi connectivity index (χ2n) is 8.89. The van der Waals surface area contributed by atoms with Crippen molar-refractivity contribution in [2.24, 2.45) is 10.4 Å². The molecule has 0 spiro atoms. The van der Waals surface area contributed by atoms with Gasteiger partial charge in [0.05, 0.1) is 6.54 Å². The Kier molecular flexibility index (Phi) is 12.5. The molecule has 7 nitrogen and oxygen atoms in total. The average molecular weight is 573 g/mol. The molecule has 1 saturated heterocycles. The Morgan fingerprint density at radius 2 is 2.03 bits per heavy atom. The van der Waals surface area contributed by atoms with Crippen LogP contribution >= 0.6 is 24.0 Å². The van der Waals surface area contributed by atoms with Crippen LogP contribution in [0.3, 0.4) is 0 Å². The molecule has 8 heteroatoms. The summed E-state index contributed by atoms with van der Waals surface area (Å²) in [5.74, 6) is 0.774. The summed E-state index contributed by atoms with van der Waals surface area (Å²) in [6.45, 7) is 8.69. The van der Waals surface area contributed by atoms with Gasteiger partial charge in [-0.2, -0.15) is 0 Å². The van der Waals surface area contributed by atoms with Crippen molar-refractivity contribution in [3.63, 3.8) is 0 Å². The number of halogens is 1. The summed E-state index contributed by atoms with van der Waals surface area (Å²) < 4.78 is 11.1. The highest BCUT2D eigenvalue weighted by atomic mass is 127. The number of anilines is 1. The van der Waals surface area contributed by atoms with Crippen LogP contribution in [0.15, 0.2) is 29.3 Å². The Morgan fingerprint density at radius 3 is 2.73 bits per heavy atom.